The van der Waals surface area contributed by atoms with E-state index in [1.807, 2.05) is 6.07 Å². The van der Waals surface area contributed by atoms with Crippen molar-refractivity contribution in [2.75, 3.05) is 6.54 Å². The van der Waals surface area contributed by atoms with E-state index in [2.05, 4.69) is 24.0 Å². The number of hydrogen-bond acceptors (Lipinski definition) is 1. The van der Waals surface area contributed by atoms with E-state index in [-0.39, 0.29) is 0 Å². The quantitative estimate of drug-likeness (QED) is 0.372. The minimum Gasteiger partial charge on any atom is -0.354 e. The van der Waals surface area contributed by atoms with Crippen LogP contribution in [0.25, 0.3) is 22.2 Å². The summed E-state index contributed by atoms with van der Waals surface area (Å²) in [5.74, 6) is 0. The number of nitrogens with two attached hydrogens (primary N) is 1. The molecule has 0 aliphatic carbocycles. The van der Waals surface area contributed by atoms with Crippen molar-refractivity contribution in [3.8, 4) is 11.3 Å². The Morgan fingerprint density at radius 2 is 1.79 bits per heavy atom. The van der Waals surface area contributed by atoms with Crippen molar-refractivity contribution < 1.29 is 13.2 Å². The number of halogens is 4. The van der Waals surface area contributed by atoms with E-state index in [0.29, 0.717) is 22.8 Å². The van der Waals surface area contributed by atoms with Crippen molar-refractivity contribution >= 4 is 22.5 Å². The third-order valence-corrected chi connectivity index (χ3v) is 5.56. The lowest BCUT2D eigenvalue weighted by atomic mass is 9.97. The number of alkyl halides is 3. The minimum absolute atomic E-state index is 0.302. The van der Waals surface area contributed by atoms with Crippen LogP contribution in [-0.4, -0.2) is 11.5 Å². The summed E-state index contributed by atoms with van der Waals surface area (Å²) in [6.07, 6.45) is 1.24. The number of aromatic amines is 1. The molecule has 0 spiro atoms. The number of aryl methyl sites for hydroxylation is 2. The van der Waals surface area contributed by atoms with Gasteiger partial charge in [0.2, 0.25) is 0 Å². The molecular weight excluding hydrogens is 397 g/mol. The highest BCUT2D eigenvalue weighted by Crippen LogP contribution is 2.39. The standard InChI is InChI=1S/C23H26ClF3N2/c1-2-3-6-15-8-11-21-18(13-15)17(7-4-5-12-28)22(29-21)19-14-16(23(25,26)27)9-10-20(19)24/h8-11,13-14,29H,2-7,12,28H2,1H3. The van der Waals surface area contributed by atoms with Crippen molar-refractivity contribution in [3.63, 3.8) is 0 Å². The number of benzene rings is 2. The van der Waals surface area contributed by atoms with Gasteiger partial charge < -0.3 is 10.7 Å². The van der Waals surface area contributed by atoms with Crippen LogP contribution in [0.15, 0.2) is 36.4 Å². The first kappa shape index (κ1) is 21.7. The predicted molar refractivity (Wildman–Crippen MR) is 114 cm³/mol. The van der Waals surface area contributed by atoms with Crippen LogP contribution in [-0.2, 0) is 19.0 Å². The highest BCUT2D eigenvalue weighted by Gasteiger charge is 2.31. The molecule has 0 bridgehead atoms. The third kappa shape index (κ3) is 4.96. The monoisotopic (exact) mass is 422 g/mol. The number of aromatic nitrogens is 1. The second-order valence-corrected chi connectivity index (χ2v) is 7.81. The van der Waals surface area contributed by atoms with Gasteiger partial charge in [0.25, 0.3) is 0 Å². The fraction of sp³-hybridized carbons (Fsp3) is 0.391. The molecule has 3 rings (SSSR count). The Kier molecular flexibility index (Phi) is 6.91. The second kappa shape index (κ2) is 9.23. The van der Waals surface area contributed by atoms with Gasteiger partial charge in [0.05, 0.1) is 11.3 Å². The van der Waals surface area contributed by atoms with E-state index >= 15 is 0 Å². The lowest BCUT2D eigenvalue weighted by Crippen LogP contribution is -2.05. The number of unbranched alkanes of at least 4 members (excludes halogenated alkanes) is 2. The topological polar surface area (TPSA) is 41.8 Å². The largest absolute Gasteiger partial charge is 0.416 e. The third-order valence-electron chi connectivity index (χ3n) is 5.23. The molecule has 1 heterocycles. The molecule has 2 nitrogen and oxygen atoms in total. The zero-order valence-corrected chi connectivity index (χ0v) is 17.3. The molecule has 2 aromatic carbocycles. The average Bonchev–Trinajstić information content (AvgIpc) is 3.03. The fourth-order valence-electron chi connectivity index (χ4n) is 3.66. The number of H-pyrrole nitrogens is 1. The maximum Gasteiger partial charge on any atom is 0.416 e. The van der Waals surface area contributed by atoms with Crippen LogP contribution < -0.4 is 5.73 Å². The Hall–Kier alpha value is -1.98. The molecule has 0 aliphatic rings. The zero-order valence-electron chi connectivity index (χ0n) is 16.5. The van der Waals surface area contributed by atoms with Gasteiger partial charge in [0.15, 0.2) is 0 Å². The van der Waals surface area contributed by atoms with Crippen molar-refractivity contribution in [2.24, 2.45) is 5.73 Å². The van der Waals surface area contributed by atoms with Gasteiger partial charge in [0.1, 0.15) is 0 Å². The van der Waals surface area contributed by atoms with Crippen LogP contribution in [0.4, 0.5) is 13.2 Å². The van der Waals surface area contributed by atoms with Gasteiger partial charge in [0, 0.05) is 21.5 Å². The van der Waals surface area contributed by atoms with Crippen LogP contribution >= 0.6 is 11.6 Å². The van der Waals surface area contributed by atoms with Gasteiger partial charge in [-0.05, 0) is 80.1 Å². The summed E-state index contributed by atoms with van der Waals surface area (Å²) in [6, 6.07) is 9.72. The molecule has 3 aromatic rings. The number of rotatable bonds is 8. The van der Waals surface area contributed by atoms with E-state index < -0.39 is 11.7 Å². The highest BCUT2D eigenvalue weighted by molar-refractivity contribution is 6.33. The van der Waals surface area contributed by atoms with E-state index in [1.54, 1.807) is 0 Å². The molecule has 0 radical (unpaired) electrons. The van der Waals surface area contributed by atoms with Gasteiger partial charge >= 0.3 is 6.18 Å². The zero-order chi connectivity index (χ0) is 21.0. The van der Waals surface area contributed by atoms with Crippen molar-refractivity contribution in [3.05, 3.63) is 58.1 Å². The maximum absolute atomic E-state index is 13.3. The summed E-state index contributed by atoms with van der Waals surface area (Å²) >= 11 is 6.33. The fourth-order valence-corrected chi connectivity index (χ4v) is 3.87. The van der Waals surface area contributed by atoms with E-state index in [4.69, 9.17) is 17.3 Å². The molecule has 3 N–H and O–H groups in total. The van der Waals surface area contributed by atoms with Crippen molar-refractivity contribution in [1.29, 1.82) is 0 Å². The first-order valence-electron chi connectivity index (χ1n) is 10.1. The molecule has 0 fully saturated rings. The van der Waals surface area contributed by atoms with Gasteiger partial charge in [-0.2, -0.15) is 13.2 Å². The number of nitrogens with one attached hydrogen (secondary N) is 1. The van der Waals surface area contributed by atoms with E-state index in [0.717, 1.165) is 67.1 Å². The van der Waals surface area contributed by atoms with Gasteiger partial charge in [-0.15, -0.1) is 0 Å². The first-order valence-corrected chi connectivity index (χ1v) is 10.4. The van der Waals surface area contributed by atoms with Crippen molar-refractivity contribution in [1.82, 2.24) is 4.98 Å². The van der Waals surface area contributed by atoms with Crippen LogP contribution in [0.2, 0.25) is 5.02 Å². The lowest BCUT2D eigenvalue weighted by molar-refractivity contribution is -0.137. The molecule has 0 aliphatic heterocycles. The maximum atomic E-state index is 13.3. The number of fused-ring (bicyclic) bond motifs is 1. The Morgan fingerprint density at radius 3 is 2.48 bits per heavy atom. The molecule has 6 heteroatoms. The first-order chi connectivity index (χ1) is 13.8. The van der Waals surface area contributed by atoms with Gasteiger partial charge in [-0.3, -0.25) is 0 Å². The smallest absolute Gasteiger partial charge is 0.354 e. The summed E-state index contributed by atoms with van der Waals surface area (Å²) in [4.78, 5) is 3.33. The lowest BCUT2D eigenvalue weighted by Gasteiger charge is -2.12. The summed E-state index contributed by atoms with van der Waals surface area (Å²) in [7, 11) is 0. The van der Waals surface area contributed by atoms with Gasteiger partial charge in [-0.25, -0.2) is 0 Å². The average molecular weight is 423 g/mol. The van der Waals surface area contributed by atoms with Crippen LogP contribution in [0.1, 0.15) is 49.3 Å². The van der Waals surface area contributed by atoms with Gasteiger partial charge in [-0.1, -0.05) is 31.0 Å². The van der Waals surface area contributed by atoms with E-state index in [1.165, 1.54) is 11.6 Å². The summed E-state index contributed by atoms with van der Waals surface area (Å²) in [5, 5.41) is 1.36. The van der Waals surface area contributed by atoms with Crippen LogP contribution in [0, 0.1) is 0 Å². The Labute approximate surface area is 174 Å². The molecule has 0 atom stereocenters. The predicted octanol–water partition coefficient (Wildman–Crippen LogP) is 7.13. The summed E-state index contributed by atoms with van der Waals surface area (Å²) in [5.41, 5.74) is 9.15. The highest BCUT2D eigenvalue weighted by atomic mass is 35.5. The van der Waals surface area contributed by atoms with E-state index in [9.17, 15) is 13.2 Å². The van der Waals surface area contributed by atoms with Crippen molar-refractivity contribution in [2.45, 2.75) is 51.6 Å². The Balaban J connectivity index is 2.14. The summed E-state index contributed by atoms with van der Waals surface area (Å²) < 4.78 is 39.8. The summed E-state index contributed by atoms with van der Waals surface area (Å²) in [6.45, 7) is 2.74. The Morgan fingerprint density at radius 1 is 1.00 bits per heavy atom. The van der Waals surface area contributed by atoms with Crippen LogP contribution in [0.3, 0.4) is 0 Å². The molecular formula is C23H26ClF3N2. The number of hydrogen-bond donors (Lipinski definition) is 2. The van der Waals surface area contributed by atoms with Crippen LogP contribution in [0.5, 0.6) is 0 Å². The molecule has 0 amide bonds. The normalized spacial score (nSPS) is 12.1. The molecule has 0 saturated carbocycles. The SMILES string of the molecule is CCCCc1ccc2[nH]c(-c3cc(C(F)(F)F)ccc3Cl)c(CCCCN)c2c1. The molecule has 0 unspecified atom stereocenters. The molecule has 29 heavy (non-hydrogen) atoms. The molecule has 1 aromatic heterocycles. The second-order valence-electron chi connectivity index (χ2n) is 7.40. The Bertz CT molecular complexity index is 976. The molecule has 156 valence electrons. The minimum atomic E-state index is -4.42. The molecule has 0 saturated heterocycles.